The number of carbonyl (C=O) groups is 1. The Hall–Kier alpha value is -1.81. The lowest BCUT2D eigenvalue weighted by Crippen LogP contribution is -2.47. The van der Waals surface area contributed by atoms with Crippen molar-refractivity contribution in [3.8, 4) is 0 Å². The van der Waals surface area contributed by atoms with Crippen LogP contribution in [0.4, 0.5) is 4.79 Å². The van der Waals surface area contributed by atoms with E-state index in [0.717, 1.165) is 38.6 Å². The van der Waals surface area contributed by atoms with Crippen LogP contribution in [0.3, 0.4) is 0 Å². The molecule has 0 radical (unpaired) electrons. The highest BCUT2D eigenvalue weighted by molar-refractivity contribution is 5.77. The minimum atomic E-state index is -0.182. The van der Waals surface area contributed by atoms with Crippen LogP contribution in [0, 0.1) is 6.92 Å². The Balaban J connectivity index is 1.54. The number of aliphatic hydroxyl groups is 1. The number of amides is 2. The molecule has 0 spiro atoms. The van der Waals surface area contributed by atoms with Crippen LogP contribution >= 0.6 is 0 Å². The van der Waals surface area contributed by atoms with Gasteiger partial charge in [-0.25, -0.2) is 4.79 Å². The first-order valence-electron chi connectivity index (χ1n) is 8.61. The van der Waals surface area contributed by atoms with Crippen LogP contribution < -0.4 is 5.32 Å². The first-order chi connectivity index (χ1) is 11.1. The number of hydrogen-bond donors (Lipinski definition) is 2. The first-order valence-corrected chi connectivity index (χ1v) is 8.61. The molecule has 2 amide bonds. The Morgan fingerprint density at radius 2 is 2.04 bits per heavy atom. The number of benzene rings is 1. The summed E-state index contributed by atoms with van der Waals surface area (Å²) in [7, 11) is 0. The summed E-state index contributed by atoms with van der Waals surface area (Å²) in [6, 6.07) is 8.78. The van der Waals surface area contributed by atoms with Crippen molar-refractivity contribution in [2.24, 2.45) is 0 Å². The first kappa shape index (κ1) is 16.1. The van der Waals surface area contributed by atoms with Gasteiger partial charge in [-0.1, -0.05) is 35.9 Å². The van der Waals surface area contributed by atoms with Gasteiger partial charge in [-0.3, -0.25) is 0 Å². The van der Waals surface area contributed by atoms with Crippen LogP contribution in [-0.2, 0) is 0 Å². The van der Waals surface area contributed by atoms with E-state index in [0.29, 0.717) is 6.54 Å². The molecule has 1 aromatic carbocycles. The van der Waals surface area contributed by atoms with Crippen LogP contribution in [0.1, 0.15) is 43.2 Å². The maximum Gasteiger partial charge on any atom is 0.317 e. The molecule has 1 aromatic rings. The summed E-state index contributed by atoms with van der Waals surface area (Å²) in [6.07, 6.45) is 6.24. The van der Waals surface area contributed by atoms with Crippen molar-refractivity contribution < 1.29 is 9.90 Å². The summed E-state index contributed by atoms with van der Waals surface area (Å²) >= 11 is 0. The third-order valence-corrected chi connectivity index (χ3v) is 4.91. The molecule has 0 saturated heterocycles. The number of hydrogen-bond acceptors (Lipinski definition) is 2. The standard InChI is InChI=1S/C19H26N2O2/c1-14-3-2-4-16(13-14)15-9-11-21(12-10-15)19(23)20-17-5-7-18(22)8-6-17/h2-4,9,13,17-18,22H,5-8,10-12H2,1H3,(H,20,23). The molecular weight excluding hydrogens is 288 g/mol. The number of nitrogens with zero attached hydrogens (tertiary/aromatic N) is 1. The van der Waals surface area contributed by atoms with Gasteiger partial charge in [-0.15, -0.1) is 0 Å². The molecular formula is C19H26N2O2. The van der Waals surface area contributed by atoms with Crippen molar-refractivity contribution in [1.29, 1.82) is 0 Å². The zero-order chi connectivity index (χ0) is 16.2. The lowest BCUT2D eigenvalue weighted by molar-refractivity contribution is 0.115. The minimum absolute atomic E-state index is 0.0333. The SMILES string of the molecule is Cc1cccc(C2=CCN(C(=O)NC3CCC(O)CC3)CC2)c1. The lowest BCUT2D eigenvalue weighted by Gasteiger charge is -2.31. The molecule has 1 aliphatic carbocycles. The maximum absolute atomic E-state index is 12.4. The zero-order valence-corrected chi connectivity index (χ0v) is 13.8. The summed E-state index contributed by atoms with van der Waals surface area (Å²) in [5.74, 6) is 0. The van der Waals surface area contributed by atoms with E-state index in [1.165, 1.54) is 16.7 Å². The fourth-order valence-electron chi connectivity index (χ4n) is 3.45. The van der Waals surface area contributed by atoms with E-state index in [-0.39, 0.29) is 18.2 Å². The van der Waals surface area contributed by atoms with Gasteiger partial charge in [0.1, 0.15) is 0 Å². The second-order valence-corrected chi connectivity index (χ2v) is 6.75. The zero-order valence-electron chi connectivity index (χ0n) is 13.8. The number of aryl methyl sites for hydroxylation is 1. The van der Waals surface area contributed by atoms with Crippen molar-refractivity contribution in [1.82, 2.24) is 10.2 Å². The number of nitrogens with one attached hydrogen (secondary N) is 1. The van der Waals surface area contributed by atoms with Gasteiger partial charge in [0.2, 0.25) is 0 Å². The maximum atomic E-state index is 12.4. The van der Waals surface area contributed by atoms with Gasteiger partial charge >= 0.3 is 6.03 Å². The van der Waals surface area contributed by atoms with E-state index in [2.05, 4.69) is 42.6 Å². The molecule has 0 unspecified atom stereocenters. The summed E-state index contributed by atoms with van der Waals surface area (Å²) in [5, 5.41) is 12.7. The topological polar surface area (TPSA) is 52.6 Å². The smallest absolute Gasteiger partial charge is 0.317 e. The van der Waals surface area contributed by atoms with Gasteiger partial charge in [-0.2, -0.15) is 0 Å². The van der Waals surface area contributed by atoms with Crippen molar-refractivity contribution >= 4 is 11.6 Å². The number of carbonyl (C=O) groups excluding carboxylic acids is 1. The van der Waals surface area contributed by atoms with Crippen LogP contribution in [0.5, 0.6) is 0 Å². The van der Waals surface area contributed by atoms with Gasteiger partial charge in [0.15, 0.2) is 0 Å². The fourth-order valence-corrected chi connectivity index (χ4v) is 3.45. The fraction of sp³-hybridized carbons (Fsp3) is 0.526. The monoisotopic (exact) mass is 314 g/mol. The van der Waals surface area contributed by atoms with Gasteiger partial charge in [0.25, 0.3) is 0 Å². The second kappa shape index (κ2) is 7.18. The molecule has 4 nitrogen and oxygen atoms in total. The molecule has 124 valence electrons. The largest absolute Gasteiger partial charge is 0.393 e. The molecule has 0 atom stereocenters. The predicted molar refractivity (Wildman–Crippen MR) is 92.1 cm³/mol. The van der Waals surface area contributed by atoms with Gasteiger partial charge in [0.05, 0.1) is 6.10 Å². The molecule has 23 heavy (non-hydrogen) atoms. The molecule has 1 aliphatic heterocycles. The van der Waals surface area contributed by atoms with Crippen LogP contribution in [-0.4, -0.2) is 41.3 Å². The molecule has 2 aliphatic rings. The number of urea groups is 1. The third kappa shape index (κ3) is 4.14. The van der Waals surface area contributed by atoms with E-state index in [4.69, 9.17) is 0 Å². The molecule has 0 bridgehead atoms. The molecule has 1 fully saturated rings. The molecule has 1 saturated carbocycles. The summed E-state index contributed by atoms with van der Waals surface area (Å²) in [4.78, 5) is 14.2. The highest BCUT2D eigenvalue weighted by atomic mass is 16.3. The van der Waals surface area contributed by atoms with E-state index >= 15 is 0 Å². The predicted octanol–water partition coefficient (Wildman–Crippen LogP) is 3.10. The summed E-state index contributed by atoms with van der Waals surface area (Å²) in [6.45, 7) is 3.54. The average molecular weight is 314 g/mol. The third-order valence-electron chi connectivity index (χ3n) is 4.91. The van der Waals surface area contributed by atoms with Gasteiger partial charge < -0.3 is 15.3 Å². The highest BCUT2D eigenvalue weighted by Gasteiger charge is 2.24. The Labute approximate surface area is 138 Å². The summed E-state index contributed by atoms with van der Waals surface area (Å²) < 4.78 is 0. The van der Waals surface area contributed by atoms with E-state index in [1.807, 2.05) is 4.90 Å². The Bertz CT molecular complexity index is 589. The van der Waals surface area contributed by atoms with Crippen molar-refractivity contribution in [3.05, 3.63) is 41.5 Å². The van der Waals surface area contributed by atoms with E-state index in [1.54, 1.807) is 0 Å². The van der Waals surface area contributed by atoms with Crippen molar-refractivity contribution in [2.45, 2.75) is 51.2 Å². The van der Waals surface area contributed by atoms with Crippen molar-refractivity contribution in [2.75, 3.05) is 13.1 Å². The van der Waals surface area contributed by atoms with E-state index < -0.39 is 0 Å². The van der Waals surface area contributed by atoms with Crippen LogP contribution in [0.25, 0.3) is 5.57 Å². The quantitative estimate of drug-likeness (QED) is 0.881. The lowest BCUT2D eigenvalue weighted by atomic mass is 9.93. The highest BCUT2D eigenvalue weighted by Crippen LogP contribution is 2.23. The Morgan fingerprint density at radius 3 is 2.70 bits per heavy atom. The van der Waals surface area contributed by atoms with Crippen LogP contribution in [0.2, 0.25) is 0 Å². The summed E-state index contributed by atoms with van der Waals surface area (Å²) in [5.41, 5.74) is 3.87. The Morgan fingerprint density at radius 1 is 1.26 bits per heavy atom. The normalized spacial score (nSPS) is 25.0. The molecule has 0 aromatic heterocycles. The minimum Gasteiger partial charge on any atom is -0.393 e. The van der Waals surface area contributed by atoms with E-state index in [9.17, 15) is 9.90 Å². The molecule has 2 N–H and O–H groups in total. The Kier molecular flexibility index (Phi) is 5.01. The molecule has 4 heteroatoms. The second-order valence-electron chi connectivity index (χ2n) is 6.75. The van der Waals surface area contributed by atoms with Crippen LogP contribution in [0.15, 0.2) is 30.3 Å². The number of aliphatic hydroxyl groups excluding tert-OH is 1. The molecule has 3 rings (SSSR count). The number of rotatable bonds is 2. The molecule has 1 heterocycles. The van der Waals surface area contributed by atoms with Crippen molar-refractivity contribution in [3.63, 3.8) is 0 Å². The van der Waals surface area contributed by atoms with Gasteiger partial charge in [0, 0.05) is 19.1 Å². The van der Waals surface area contributed by atoms with Gasteiger partial charge in [-0.05, 0) is 50.2 Å². The average Bonchev–Trinajstić information content (AvgIpc) is 2.57.